The maximum atomic E-state index is 6.25. The zero-order valence-electron chi connectivity index (χ0n) is 80.6. The summed E-state index contributed by atoms with van der Waals surface area (Å²) in [5, 5.41) is 0. The minimum atomic E-state index is 0.847. The topological polar surface area (TPSA) is 37.9 Å². The Bertz CT molecular complexity index is 8110. The predicted octanol–water partition coefficient (Wildman–Crippen LogP) is 40.3. The fraction of sp³-hybridized carbons (Fsp3) is 0. The smallest absolute Gasteiger partial charge is 0.151 e. The molecule has 0 atom stereocenters. The molecule has 4 heterocycles. The third-order valence-electron chi connectivity index (χ3n) is 28.2. The van der Waals surface area contributed by atoms with Gasteiger partial charge in [-0.3, -0.25) is 0 Å². The summed E-state index contributed by atoms with van der Waals surface area (Å²) in [4.78, 5) is 19.0. The third-order valence-corrected chi connectivity index (χ3v) is 30.4. The molecule has 0 aromatic heterocycles. The number of anilines is 18. The number of hydrogen-bond donors (Lipinski definition) is 0. The monoisotopic (exact) mass is 1930 g/mol. The lowest BCUT2D eigenvalue weighted by Gasteiger charge is -2.32. The molecule has 0 saturated carbocycles. The van der Waals surface area contributed by atoms with Crippen LogP contribution in [0.1, 0.15) is 0 Å². The van der Waals surface area contributed by atoms with Crippen LogP contribution < -0.4 is 38.9 Å². The number of rotatable bonds is 19. The Hall–Kier alpha value is -18.8. The first-order valence-corrected chi connectivity index (χ1v) is 51.7. The van der Waals surface area contributed by atoms with Gasteiger partial charge in [0.1, 0.15) is 0 Å². The van der Waals surface area contributed by atoms with Gasteiger partial charge >= 0.3 is 0 Å². The average Bonchev–Trinajstić information content (AvgIpc) is 0.765. The SMILES string of the molecule is c1ccc(-c2ccc(N(c3ccc(-c4ccc(-c5ccc(N6c7ccccc7Oc7ccccc76)cc5)cc4)cc3)c3ccc(-c4ccc(-c5ccc(N6c7ccccc7Oc7ccccc76)cc5)cc4)cc3)cc2)cc1.c1ccc(N(c2ccc(-c3ccc(-c4ccc(N5c6ccccc6Sc6ccccc65)cc4)cc3)cc2)c2ccc(-c3ccc(-c4ccc(N5c6ccccc6Sc6ccccc65)cc4)cc3)cc2)cc1. The summed E-state index contributed by atoms with van der Waals surface area (Å²) in [7, 11) is 0. The van der Waals surface area contributed by atoms with Gasteiger partial charge in [-0.25, -0.2) is 0 Å². The van der Waals surface area contributed by atoms with Crippen LogP contribution in [0.3, 0.4) is 0 Å². The standard InChI is InChI=1S/C72H49N3O2.C66H45N3S2/c1-2-12-50(13-3-1)55-30-40-60(41-31-55)73(61-42-32-56(33-43-61)51-22-26-53(27-23-51)58-36-46-63(47-37-58)74-65-14-4-8-18-69(65)76-70-19-9-5-15-66(70)74)62-44-34-57(35-45-62)52-24-28-54(29-25-52)59-38-48-64(49-39-59)75-67-16-6-10-20-71(67)77-72-21-11-7-17-68(72)75;1-2-12-54(13-3-1)67(55-38-30-50(31-39-55)46-22-26-48(27-23-46)52-34-42-57(43-35-52)68-59-14-4-8-18-63(59)70-64-19-9-5-15-60(64)68)56-40-32-51(33-41-56)47-24-28-49(29-25-47)53-36-44-58(45-37-53)69-61-16-6-10-20-65(61)71-66-21-11-7-17-62(66)69/h1-49H;1-45H. The molecule has 23 aromatic carbocycles. The van der Waals surface area contributed by atoms with E-state index in [-0.39, 0.29) is 0 Å². The molecule has 0 unspecified atom stereocenters. The van der Waals surface area contributed by atoms with E-state index in [2.05, 4.69) is 551 Å². The first-order chi connectivity index (χ1) is 73.3. The lowest BCUT2D eigenvalue weighted by atomic mass is 9.99. The Labute approximate surface area is 871 Å². The summed E-state index contributed by atoms with van der Waals surface area (Å²) in [6, 6.07) is 204. The quantitative estimate of drug-likeness (QED) is 0.0782. The summed E-state index contributed by atoms with van der Waals surface area (Å²) >= 11 is 3.67. The van der Waals surface area contributed by atoms with Crippen molar-refractivity contribution >= 4 is 126 Å². The molecule has 0 saturated heterocycles. The van der Waals surface area contributed by atoms with Crippen LogP contribution in [0.4, 0.5) is 102 Å². The number of benzene rings is 23. The molecule has 27 rings (SSSR count). The van der Waals surface area contributed by atoms with Crippen molar-refractivity contribution in [2.75, 3.05) is 29.4 Å². The third kappa shape index (κ3) is 17.6. The van der Waals surface area contributed by atoms with Gasteiger partial charge < -0.3 is 38.9 Å². The summed E-state index contributed by atoms with van der Waals surface area (Å²) < 4.78 is 12.5. The van der Waals surface area contributed by atoms with Crippen molar-refractivity contribution in [3.05, 3.63) is 570 Å². The van der Waals surface area contributed by atoms with Crippen molar-refractivity contribution in [3.8, 4) is 123 Å². The lowest BCUT2D eigenvalue weighted by Crippen LogP contribution is -2.15. The van der Waals surface area contributed by atoms with Crippen molar-refractivity contribution < 1.29 is 9.47 Å². The highest BCUT2D eigenvalue weighted by molar-refractivity contribution is 8.00. The minimum Gasteiger partial charge on any atom is -0.453 e. The van der Waals surface area contributed by atoms with E-state index < -0.39 is 0 Å². The highest BCUT2D eigenvalue weighted by atomic mass is 32.2. The van der Waals surface area contributed by atoms with Crippen molar-refractivity contribution in [2.24, 2.45) is 0 Å². The molecule has 0 fully saturated rings. The van der Waals surface area contributed by atoms with Crippen LogP contribution in [0.15, 0.2) is 590 Å². The highest BCUT2D eigenvalue weighted by Crippen LogP contribution is 2.57. The van der Waals surface area contributed by atoms with Gasteiger partial charge in [0.15, 0.2) is 23.0 Å². The first kappa shape index (κ1) is 89.3. The van der Waals surface area contributed by atoms with Crippen molar-refractivity contribution in [2.45, 2.75) is 19.6 Å². The Morgan fingerprint density at radius 3 is 0.473 bits per heavy atom. The molecule has 0 N–H and O–H groups in total. The Kier molecular flexibility index (Phi) is 23.8. The van der Waals surface area contributed by atoms with Crippen molar-refractivity contribution in [1.82, 2.24) is 0 Å². The number of hydrogen-bond acceptors (Lipinski definition) is 10. The summed E-state index contributed by atoms with van der Waals surface area (Å²) in [5.74, 6) is 3.39. The largest absolute Gasteiger partial charge is 0.453 e. The zero-order chi connectivity index (χ0) is 98.2. The lowest BCUT2D eigenvalue weighted by molar-refractivity contribution is 0.477. The number of nitrogens with zero attached hydrogens (tertiary/aromatic N) is 6. The Balaban J connectivity index is 0.000000150. The molecule has 700 valence electrons. The van der Waals surface area contributed by atoms with Crippen LogP contribution in [0.5, 0.6) is 23.0 Å². The second-order valence-corrected chi connectivity index (χ2v) is 39.3. The normalized spacial score (nSPS) is 12.2. The molecule has 0 amide bonds. The van der Waals surface area contributed by atoms with E-state index in [0.29, 0.717) is 0 Å². The van der Waals surface area contributed by atoms with Gasteiger partial charge in [-0.1, -0.05) is 375 Å². The Morgan fingerprint density at radius 2 is 0.264 bits per heavy atom. The first-order valence-electron chi connectivity index (χ1n) is 50.0. The van der Waals surface area contributed by atoms with E-state index in [4.69, 9.17) is 9.47 Å². The molecule has 8 nitrogen and oxygen atoms in total. The maximum absolute atomic E-state index is 6.25. The molecule has 0 spiro atoms. The van der Waals surface area contributed by atoms with E-state index >= 15 is 0 Å². The van der Waals surface area contributed by atoms with E-state index in [1.807, 2.05) is 72.1 Å². The Morgan fingerprint density at radius 1 is 0.122 bits per heavy atom. The average molecular weight is 1930 g/mol. The van der Waals surface area contributed by atoms with Crippen molar-refractivity contribution in [3.63, 3.8) is 0 Å². The van der Waals surface area contributed by atoms with Crippen LogP contribution in [0, 0.1) is 0 Å². The van der Waals surface area contributed by atoms with Gasteiger partial charge in [-0.15, -0.1) is 0 Å². The fourth-order valence-corrected chi connectivity index (χ4v) is 22.8. The van der Waals surface area contributed by atoms with Crippen LogP contribution in [-0.2, 0) is 0 Å². The minimum absolute atomic E-state index is 0.847. The second kappa shape index (κ2) is 39.5. The highest BCUT2D eigenvalue weighted by Gasteiger charge is 2.31. The van der Waals surface area contributed by atoms with Crippen LogP contribution in [-0.4, -0.2) is 0 Å². The summed E-state index contributed by atoms with van der Waals surface area (Å²) in [5.41, 5.74) is 41.1. The van der Waals surface area contributed by atoms with E-state index in [0.717, 1.165) is 147 Å². The molecule has 148 heavy (non-hydrogen) atoms. The van der Waals surface area contributed by atoms with Crippen LogP contribution in [0.2, 0.25) is 0 Å². The molecular weight excluding hydrogens is 1840 g/mol. The molecule has 0 bridgehead atoms. The van der Waals surface area contributed by atoms with Crippen molar-refractivity contribution in [1.29, 1.82) is 0 Å². The summed E-state index contributed by atoms with van der Waals surface area (Å²) in [6.07, 6.45) is 0. The van der Waals surface area contributed by atoms with Gasteiger partial charge in [0.2, 0.25) is 0 Å². The van der Waals surface area contributed by atoms with E-state index in [9.17, 15) is 0 Å². The van der Waals surface area contributed by atoms with E-state index in [1.165, 1.54) is 98.0 Å². The van der Waals surface area contributed by atoms with Crippen LogP contribution in [0.25, 0.3) is 100 Å². The van der Waals surface area contributed by atoms with Gasteiger partial charge in [-0.2, -0.15) is 0 Å². The molecule has 10 heteroatoms. The second-order valence-electron chi connectivity index (χ2n) is 37.1. The molecule has 23 aromatic rings. The van der Waals surface area contributed by atoms with Gasteiger partial charge in [0.25, 0.3) is 0 Å². The predicted molar refractivity (Wildman–Crippen MR) is 618 cm³/mol. The fourth-order valence-electron chi connectivity index (χ4n) is 20.7. The maximum Gasteiger partial charge on any atom is 0.151 e. The zero-order valence-corrected chi connectivity index (χ0v) is 82.2. The molecule has 4 aliphatic heterocycles. The van der Waals surface area contributed by atoms with Crippen LogP contribution >= 0.6 is 23.5 Å². The van der Waals surface area contributed by atoms with E-state index in [1.54, 1.807) is 0 Å². The molecular formula is C138H94N6O2S2. The molecule has 4 aliphatic rings. The van der Waals surface area contributed by atoms with Gasteiger partial charge in [0.05, 0.1) is 45.5 Å². The summed E-state index contributed by atoms with van der Waals surface area (Å²) in [6.45, 7) is 0. The molecule has 0 radical (unpaired) electrons. The van der Waals surface area contributed by atoms with Gasteiger partial charge in [0, 0.05) is 76.5 Å². The molecule has 0 aliphatic carbocycles. The number of ether oxygens (including phenoxy) is 2. The van der Waals surface area contributed by atoms with Gasteiger partial charge in [-0.05, 0) is 319 Å². The number of para-hydroxylation sites is 13. The number of fused-ring (bicyclic) bond motifs is 8.